The normalized spacial score (nSPS) is 10.6. The first-order valence-corrected chi connectivity index (χ1v) is 10.8. The number of nitrogens with one attached hydrogen (secondary N) is 1. The molecule has 0 saturated heterocycles. The zero-order valence-electron chi connectivity index (χ0n) is 18.5. The maximum Gasteiger partial charge on any atom is 0.277 e. The van der Waals surface area contributed by atoms with Gasteiger partial charge in [0.15, 0.2) is 6.61 Å². The summed E-state index contributed by atoms with van der Waals surface area (Å²) in [6.07, 6.45) is 1.55. The first kappa shape index (κ1) is 22.6. The Bertz CT molecular complexity index is 1210. The molecule has 4 aromatic rings. The Kier molecular flexibility index (Phi) is 7.90. The molecule has 1 N–H and O–H groups in total. The molecule has 4 aromatic carbocycles. The standard InChI is InChI=1S/C28H24N2O4/c31-28(21-33-25-16-14-24(15-17-25)32-20-22-8-3-1-4-9-22)30-29-19-23-10-7-13-27(18-23)34-26-11-5-2-6-12-26/h1-19H,20-21H2,(H,30,31). The average molecular weight is 453 g/mol. The van der Waals surface area contributed by atoms with E-state index in [1.807, 2.05) is 84.9 Å². The lowest BCUT2D eigenvalue weighted by Crippen LogP contribution is -2.24. The summed E-state index contributed by atoms with van der Waals surface area (Å²) in [6, 6.07) is 34.0. The minimum absolute atomic E-state index is 0.154. The highest BCUT2D eigenvalue weighted by atomic mass is 16.5. The number of rotatable bonds is 10. The molecule has 0 heterocycles. The molecule has 0 aliphatic rings. The van der Waals surface area contributed by atoms with E-state index in [2.05, 4.69) is 10.5 Å². The van der Waals surface area contributed by atoms with Crippen LogP contribution in [0.2, 0.25) is 0 Å². The van der Waals surface area contributed by atoms with Gasteiger partial charge < -0.3 is 14.2 Å². The molecule has 170 valence electrons. The summed E-state index contributed by atoms with van der Waals surface area (Å²) in [5.41, 5.74) is 4.35. The lowest BCUT2D eigenvalue weighted by Gasteiger charge is -2.08. The number of hydrogen-bond acceptors (Lipinski definition) is 5. The lowest BCUT2D eigenvalue weighted by atomic mass is 10.2. The number of amides is 1. The molecule has 34 heavy (non-hydrogen) atoms. The van der Waals surface area contributed by atoms with Crippen LogP contribution in [0.3, 0.4) is 0 Å². The average Bonchev–Trinajstić information content (AvgIpc) is 2.88. The molecule has 0 atom stereocenters. The monoisotopic (exact) mass is 452 g/mol. The number of ether oxygens (including phenoxy) is 3. The van der Waals surface area contributed by atoms with Crippen LogP contribution in [-0.2, 0) is 11.4 Å². The van der Waals surface area contributed by atoms with Crippen molar-refractivity contribution in [1.82, 2.24) is 5.43 Å². The van der Waals surface area contributed by atoms with Crippen molar-refractivity contribution in [3.8, 4) is 23.0 Å². The summed E-state index contributed by atoms with van der Waals surface area (Å²) in [7, 11) is 0. The van der Waals surface area contributed by atoms with Gasteiger partial charge in [-0.2, -0.15) is 5.10 Å². The van der Waals surface area contributed by atoms with Crippen LogP contribution in [0, 0.1) is 0 Å². The van der Waals surface area contributed by atoms with Crippen LogP contribution in [0.1, 0.15) is 11.1 Å². The summed E-state index contributed by atoms with van der Waals surface area (Å²) < 4.78 is 17.1. The maximum absolute atomic E-state index is 12.0. The van der Waals surface area contributed by atoms with Crippen molar-refractivity contribution < 1.29 is 19.0 Å². The van der Waals surface area contributed by atoms with Crippen LogP contribution in [-0.4, -0.2) is 18.7 Å². The van der Waals surface area contributed by atoms with Crippen LogP contribution in [0.15, 0.2) is 114 Å². The van der Waals surface area contributed by atoms with E-state index in [1.165, 1.54) is 0 Å². The Morgan fingerprint density at radius 3 is 2.09 bits per heavy atom. The van der Waals surface area contributed by atoms with Gasteiger partial charge >= 0.3 is 0 Å². The Labute approximate surface area is 198 Å². The molecular weight excluding hydrogens is 428 g/mol. The number of hydrazone groups is 1. The first-order chi connectivity index (χ1) is 16.7. The SMILES string of the molecule is O=C(COc1ccc(OCc2ccccc2)cc1)NN=Cc1cccc(Oc2ccccc2)c1. The number of benzene rings is 4. The van der Waals surface area contributed by atoms with Gasteiger partial charge in [-0.25, -0.2) is 5.43 Å². The van der Waals surface area contributed by atoms with Crippen LogP contribution < -0.4 is 19.6 Å². The first-order valence-electron chi connectivity index (χ1n) is 10.8. The van der Waals surface area contributed by atoms with Gasteiger partial charge in [-0.05, 0) is 59.7 Å². The van der Waals surface area contributed by atoms with Gasteiger partial charge in [-0.3, -0.25) is 4.79 Å². The highest BCUT2D eigenvalue weighted by Gasteiger charge is 2.03. The second-order valence-electron chi connectivity index (χ2n) is 7.32. The number of carbonyl (C=O) groups is 1. The third-order valence-electron chi connectivity index (χ3n) is 4.68. The van der Waals surface area contributed by atoms with Gasteiger partial charge in [0.2, 0.25) is 0 Å². The molecule has 0 aromatic heterocycles. The maximum atomic E-state index is 12.0. The van der Waals surface area contributed by atoms with Crippen molar-refractivity contribution in [2.75, 3.05) is 6.61 Å². The molecule has 0 fully saturated rings. The second-order valence-corrected chi connectivity index (χ2v) is 7.32. The molecule has 1 amide bonds. The highest BCUT2D eigenvalue weighted by molar-refractivity contribution is 5.83. The van der Waals surface area contributed by atoms with E-state index in [1.54, 1.807) is 30.5 Å². The van der Waals surface area contributed by atoms with Crippen molar-refractivity contribution in [1.29, 1.82) is 0 Å². The highest BCUT2D eigenvalue weighted by Crippen LogP contribution is 2.21. The van der Waals surface area contributed by atoms with E-state index in [-0.39, 0.29) is 12.5 Å². The van der Waals surface area contributed by atoms with Crippen molar-refractivity contribution in [3.05, 3.63) is 120 Å². The van der Waals surface area contributed by atoms with E-state index in [9.17, 15) is 4.79 Å². The van der Waals surface area contributed by atoms with Crippen molar-refractivity contribution >= 4 is 12.1 Å². The zero-order chi connectivity index (χ0) is 23.4. The smallest absolute Gasteiger partial charge is 0.277 e. The van der Waals surface area contributed by atoms with E-state index >= 15 is 0 Å². The number of hydrogen-bond donors (Lipinski definition) is 1. The quantitative estimate of drug-likeness (QED) is 0.252. The summed E-state index contributed by atoms with van der Waals surface area (Å²) in [6.45, 7) is 0.335. The minimum Gasteiger partial charge on any atom is -0.489 e. The topological polar surface area (TPSA) is 69.2 Å². The van der Waals surface area contributed by atoms with E-state index in [4.69, 9.17) is 14.2 Å². The van der Waals surface area contributed by atoms with Crippen LogP contribution >= 0.6 is 0 Å². The molecule has 0 saturated carbocycles. The summed E-state index contributed by atoms with van der Waals surface area (Å²) >= 11 is 0. The lowest BCUT2D eigenvalue weighted by molar-refractivity contribution is -0.123. The molecule has 4 rings (SSSR count). The predicted octanol–water partition coefficient (Wildman–Crippen LogP) is 5.59. The summed E-state index contributed by atoms with van der Waals surface area (Å²) in [5.74, 6) is 2.36. The largest absolute Gasteiger partial charge is 0.489 e. The number of carbonyl (C=O) groups excluding carboxylic acids is 1. The van der Waals surface area contributed by atoms with Gasteiger partial charge in [0.05, 0.1) is 6.21 Å². The minimum atomic E-state index is -0.364. The molecule has 6 nitrogen and oxygen atoms in total. The van der Waals surface area contributed by atoms with E-state index in [0.717, 1.165) is 22.6 Å². The van der Waals surface area contributed by atoms with Crippen molar-refractivity contribution in [2.24, 2.45) is 5.10 Å². The van der Waals surface area contributed by atoms with Gasteiger partial charge in [-0.15, -0.1) is 0 Å². The molecule has 0 bridgehead atoms. The van der Waals surface area contributed by atoms with Crippen LogP contribution in [0.25, 0.3) is 0 Å². The van der Waals surface area contributed by atoms with Gasteiger partial charge in [0.1, 0.15) is 29.6 Å². The Morgan fingerprint density at radius 2 is 1.35 bits per heavy atom. The zero-order valence-corrected chi connectivity index (χ0v) is 18.5. The molecule has 0 aliphatic carbocycles. The van der Waals surface area contributed by atoms with E-state index in [0.29, 0.717) is 18.1 Å². The Morgan fingerprint density at radius 1 is 0.706 bits per heavy atom. The molecule has 0 unspecified atom stereocenters. The molecule has 0 spiro atoms. The molecule has 0 radical (unpaired) electrons. The van der Waals surface area contributed by atoms with Crippen LogP contribution in [0.4, 0.5) is 0 Å². The Hall–Kier alpha value is -4.58. The number of para-hydroxylation sites is 1. The predicted molar refractivity (Wildman–Crippen MR) is 131 cm³/mol. The summed E-state index contributed by atoms with van der Waals surface area (Å²) in [5, 5.41) is 3.99. The fourth-order valence-electron chi connectivity index (χ4n) is 3.02. The van der Waals surface area contributed by atoms with E-state index < -0.39 is 0 Å². The molecular formula is C28H24N2O4. The van der Waals surface area contributed by atoms with Crippen LogP contribution in [0.5, 0.6) is 23.0 Å². The number of nitrogens with zero attached hydrogens (tertiary/aromatic N) is 1. The molecule has 0 aliphatic heterocycles. The third-order valence-corrected chi connectivity index (χ3v) is 4.68. The van der Waals surface area contributed by atoms with Gasteiger partial charge in [0.25, 0.3) is 5.91 Å². The fourth-order valence-corrected chi connectivity index (χ4v) is 3.02. The Balaban J connectivity index is 1.20. The third kappa shape index (κ3) is 7.24. The van der Waals surface area contributed by atoms with Crippen molar-refractivity contribution in [2.45, 2.75) is 6.61 Å². The second kappa shape index (κ2) is 11.9. The summed E-state index contributed by atoms with van der Waals surface area (Å²) in [4.78, 5) is 12.0. The van der Waals surface area contributed by atoms with Gasteiger partial charge in [-0.1, -0.05) is 60.7 Å². The van der Waals surface area contributed by atoms with Gasteiger partial charge in [0, 0.05) is 0 Å². The molecule has 6 heteroatoms. The fraction of sp³-hybridized carbons (Fsp3) is 0.0714. The van der Waals surface area contributed by atoms with Crippen molar-refractivity contribution in [3.63, 3.8) is 0 Å².